The van der Waals surface area contributed by atoms with Gasteiger partial charge in [0.25, 0.3) is 0 Å². The third-order valence-corrected chi connectivity index (χ3v) is 6.22. The summed E-state index contributed by atoms with van der Waals surface area (Å²) in [5.74, 6) is -1.30. The van der Waals surface area contributed by atoms with Crippen molar-refractivity contribution in [1.82, 2.24) is 0 Å². The van der Waals surface area contributed by atoms with Crippen LogP contribution in [0.5, 0.6) is 0 Å². The maximum absolute atomic E-state index is 12.1. The van der Waals surface area contributed by atoms with Gasteiger partial charge in [-0.15, -0.1) is 0 Å². The van der Waals surface area contributed by atoms with Gasteiger partial charge in [0.1, 0.15) is 6.10 Å². The third-order valence-electron chi connectivity index (χ3n) is 4.59. The van der Waals surface area contributed by atoms with Crippen molar-refractivity contribution in [3.63, 3.8) is 0 Å². The molecule has 17 heavy (non-hydrogen) atoms. The van der Waals surface area contributed by atoms with E-state index < -0.39 is 17.2 Å². The zero-order valence-electron chi connectivity index (χ0n) is 8.93. The Hall–Kier alpha value is -0.840. The van der Waals surface area contributed by atoms with Gasteiger partial charge in [-0.2, -0.15) is 5.26 Å². The van der Waals surface area contributed by atoms with Crippen molar-refractivity contribution in [2.45, 2.75) is 22.9 Å². The minimum Gasteiger partial charge on any atom is -0.460 e. The smallest absolute Gasteiger partial charge is 0.314 e. The molecule has 5 nitrogen and oxygen atoms in total. The van der Waals surface area contributed by atoms with E-state index in [1.807, 2.05) is 6.07 Å². The Morgan fingerprint density at radius 2 is 2.41 bits per heavy atom. The standard InChI is InChI=1S/C11H11IN2O3/c12-7-4-3-5-8(7)17-10(16)11(5,1-2-13)6(4)9(14)15/h4-8H,1,3H2,(H2,14,15). The first-order valence-electron chi connectivity index (χ1n) is 5.55. The second-order valence-electron chi connectivity index (χ2n) is 5.08. The van der Waals surface area contributed by atoms with Crippen molar-refractivity contribution in [1.29, 1.82) is 5.26 Å². The molecule has 3 fully saturated rings. The molecule has 2 saturated carbocycles. The molecule has 2 N–H and O–H groups in total. The number of alkyl halides is 1. The number of hydrogen-bond acceptors (Lipinski definition) is 4. The summed E-state index contributed by atoms with van der Waals surface area (Å²) < 4.78 is 5.53. The average Bonchev–Trinajstić information content (AvgIpc) is 2.80. The summed E-state index contributed by atoms with van der Waals surface area (Å²) in [6.45, 7) is 0. The van der Waals surface area contributed by atoms with Crippen LogP contribution in [0, 0.1) is 34.5 Å². The molecule has 1 heterocycles. The topological polar surface area (TPSA) is 93.2 Å². The summed E-state index contributed by atoms with van der Waals surface area (Å²) in [6.07, 6.45) is 0.691. The van der Waals surface area contributed by atoms with Crippen molar-refractivity contribution in [3.8, 4) is 6.07 Å². The molecule has 3 rings (SSSR count). The number of ether oxygens (including phenoxy) is 1. The number of carbonyl (C=O) groups is 2. The molecular formula is C11H11IN2O3. The Morgan fingerprint density at radius 1 is 1.71 bits per heavy atom. The number of fused-ring (bicyclic) bond motifs is 1. The van der Waals surface area contributed by atoms with E-state index in [0.717, 1.165) is 6.42 Å². The highest BCUT2D eigenvalue weighted by molar-refractivity contribution is 14.1. The molecule has 2 aliphatic carbocycles. The minimum absolute atomic E-state index is 0.000880. The number of nitrogens with two attached hydrogens (primary N) is 1. The molecule has 0 aromatic rings. The van der Waals surface area contributed by atoms with Gasteiger partial charge in [-0.3, -0.25) is 9.59 Å². The lowest BCUT2D eigenvalue weighted by Gasteiger charge is -2.34. The molecule has 1 saturated heterocycles. The van der Waals surface area contributed by atoms with Crippen LogP contribution in [0.25, 0.3) is 0 Å². The summed E-state index contributed by atoms with van der Waals surface area (Å²) in [4.78, 5) is 23.7. The van der Waals surface area contributed by atoms with E-state index in [9.17, 15) is 9.59 Å². The van der Waals surface area contributed by atoms with Crippen LogP contribution in [0.2, 0.25) is 0 Å². The minimum atomic E-state index is -0.947. The van der Waals surface area contributed by atoms with Crippen LogP contribution in [0.1, 0.15) is 12.8 Å². The zero-order valence-corrected chi connectivity index (χ0v) is 11.1. The second-order valence-corrected chi connectivity index (χ2v) is 6.51. The maximum atomic E-state index is 12.1. The van der Waals surface area contributed by atoms with Crippen LogP contribution >= 0.6 is 22.6 Å². The lowest BCUT2D eigenvalue weighted by atomic mass is 9.65. The predicted octanol–water partition coefficient (Wildman–Crippen LogP) is 0.367. The first-order valence-corrected chi connectivity index (χ1v) is 6.80. The number of carbonyl (C=O) groups excluding carboxylic acids is 2. The molecule has 90 valence electrons. The summed E-state index contributed by atoms with van der Waals surface area (Å²) in [7, 11) is 0. The molecule has 0 aromatic heterocycles. The van der Waals surface area contributed by atoms with Crippen molar-refractivity contribution in [2.24, 2.45) is 28.9 Å². The van der Waals surface area contributed by atoms with Crippen molar-refractivity contribution in [3.05, 3.63) is 0 Å². The first kappa shape index (κ1) is 11.3. The fourth-order valence-corrected chi connectivity index (χ4v) is 5.38. The Bertz CT molecular complexity index is 460. The number of esters is 1. The van der Waals surface area contributed by atoms with Gasteiger partial charge in [-0.05, 0) is 12.3 Å². The highest BCUT2D eigenvalue weighted by Gasteiger charge is 2.75. The number of primary amides is 1. The van der Waals surface area contributed by atoms with Gasteiger partial charge in [0.15, 0.2) is 0 Å². The average molecular weight is 346 g/mol. The van der Waals surface area contributed by atoms with Crippen LogP contribution in [0.3, 0.4) is 0 Å². The van der Waals surface area contributed by atoms with E-state index in [2.05, 4.69) is 22.6 Å². The number of halogens is 1. The molecule has 6 unspecified atom stereocenters. The lowest BCUT2D eigenvalue weighted by molar-refractivity contribution is -0.151. The molecule has 0 spiro atoms. The maximum Gasteiger partial charge on any atom is 0.314 e. The van der Waals surface area contributed by atoms with Gasteiger partial charge in [-0.25, -0.2) is 0 Å². The SMILES string of the molecule is N#CCC12C(=O)OC3C(I)C(CC31)C2C(N)=O. The number of hydrogen-bond donors (Lipinski definition) is 1. The Kier molecular flexibility index (Phi) is 2.21. The van der Waals surface area contributed by atoms with Gasteiger partial charge in [0, 0.05) is 5.92 Å². The summed E-state index contributed by atoms with van der Waals surface area (Å²) in [5, 5.41) is 8.94. The van der Waals surface area contributed by atoms with Gasteiger partial charge in [0.05, 0.1) is 27.7 Å². The van der Waals surface area contributed by atoms with E-state index in [0.29, 0.717) is 0 Å². The fraction of sp³-hybridized carbons (Fsp3) is 0.727. The number of nitriles is 1. The van der Waals surface area contributed by atoms with Crippen molar-refractivity contribution in [2.75, 3.05) is 0 Å². The number of amides is 1. The molecule has 3 aliphatic rings. The largest absolute Gasteiger partial charge is 0.460 e. The van der Waals surface area contributed by atoms with Crippen LogP contribution in [0.15, 0.2) is 0 Å². The molecule has 1 amide bonds. The van der Waals surface area contributed by atoms with Crippen LogP contribution < -0.4 is 5.73 Å². The third kappa shape index (κ3) is 1.09. The molecule has 6 heteroatoms. The molecular weight excluding hydrogens is 335 g/mol. The van der Waals surface area contributed by atoms with Gasteiger partial charge in [0.2, 0.25) is 5.91 Å². The highest BCUT2D eigenvalue weighted by Crippen LogP contribution is 2.67. The van der Waals surface area contributed by atoms with E-state index >= 15 is 0 Å². The number of rotatable bonds is 2. The van der Waals surface area contributed by atoms with E-state index in [4.69, 9.17) is 15.7 Å². The first-order chi connectivity index (χ1) is 8.04. The molecule has 1 aliphatic heterocycles. The summed E-state index contributed by atoms with van der Waals surface area (Å²) in [5.41, 5.74) is 4.50. The quantitative estimate of drug-likeness (QED) is 0.444. The lowest BCUT2D eigenvalue weighted by Crippen LogP contribution is -2.49. The van der Waals surface area contributed by atoms with E-state index in [-0.39, 0.29) is 34.3 Å². The van der Waals surface area contributed by atoms with Crippen LogP contribution in [-0.2, 0) is 14.3 Å². The van der Waals surface area contributed by atoms with E-state index in [1.54, 1.807) is 0 Å². The van der Waals surface area contributed by atoms with Gasteiger partial charge >= 0.3 is 5.97 Å². The molecule has 0 radical (unpaired) electrons. The van der Waals surface area contributed by atoms with Gasteiger partial charge in [-0.1, -0.05) is 22.6 Å². The van der Waals surface area contributed by atoms with Crippen molar-refractivity contribution >= 4 is 34.5 Å². The molecule has 0 aromatic carbocycles. The monoisotopic (exact) mass is 346 g/mol. The van der Waals surface area contributed by atoms with Crippen molar-refractivity contribution < 1.29 is 14.3 Å². The fourth-order valence-electron chi connectivity index (χ4n) is 4.03. The van der Waals surface area contributed by atoms with Crippen LogP contribution in [-0.4, -0.2) is 21.9 Å². The highest BCUT2D eigenvalue weighted by atomic mass is 127. The van der Waals surface area contributed by atoms with E-state index in [1.165, 1.54) is 0 Å². The molecule has 6 atom stereocenters. The number of nitrogens with zero attached hydrogens (tertiary/aromatic N) is 1. The summed E-state index contributed by atoms with van der Waals surface area (Å²) in [6, 6.07) is 2.03. The second kappa shape index (κ2) is 3.34. The summed E-state index contributed by atoms with van der Waals surface area (Å²) >= 11 is 2.24. The van der Waals surface area contributed by atoms with Gasteiger partial charge < -0.3 is 10.5 Å². The molecule has 2 bridgehead atoms. The Balaban J connectivity index is 2.14. The normalized spacial score (nSPS) is 50.1. The Labute approximate surface area is 112 Å². The predicted molar refractivity (Wildman–Crippen MR) is 64.6 cm³/mol. The Morgan fingerprint density at radius 3 is 3.00 bits per heavy atom. The van der Waals surface area contributed by atoms with Crippen LogP contribution in [0.4, 0.5) is 0 Å². The zero-order chi connectivity index (χ0) is 12.4.